The quantitative estimate of drug-likeness (QED) is 0.507. The van der Waals surface area contributed by atoms with Crippen molar-refractivity contribution >= 4 is 0 Å². The maximum absolute atomic E-state index is 5.80. The summed E-state index contributed by atoms with van der Waals surface area (Å²) in [5, 5.41) is 0. The Morgan fingerprint density at radius 3 is 2.40 bits per heavy atom. The van der Waals surface area contributed by atoms with Crippen LogP contribution in [0.25, 0.3) is 0 Å². The first-order chi connectivity index (χ1) is 9.76. The smallest absolute Gasteiger partial charge is 0.137 e. The molecule has 0 radical (unpaired) electrons. The molecule has 1 unspecified atom stereocenters. The number of hydrogen-bond acceptors (Lipinski definition) is 4. The van der Waals surface area contributed by atoms with Crippen molar-refractivity contribution in [3.05, 3.63) is 24.0 Å². The first-order valence-electron chi connectivity index (χ1n) is 7.80. The van der Waals surface area contributed by atoms with Crippen molar-refractivity contribution in [1.82, 2.24) is 10.4 Å². The second kappa shape index (κ2) is 9.72. The summed E-state index contributed by atoms with van der Waals surface area (Å²) in [4.78, 5) is 4.29. The first-order valence-corrected chi connectivity index (χ1v) is 7.80. The fourth-order valence-electron chi connectivity index (χ4n) is 2.63. The highest BCUT2D eigenvalue weighted by Crippen LogP contribution is 2.30. The van der Waals surface area contributed by atoms with E-state index in [9.17, 15) is 0 Å². The van der Waals surface area contributed by atoms with Crippen molar-refractivity contribution in [3.8, 4) is 5.75 Å². The minimum absolute atomic E-state index is 0.146. The lowest BCUT2D eigenvalue weighted by Crippen LogP contribution is -2.33. The van der Waals surface area contributed by atoms with Crippen molar-refractivity contribution < 1.29 is 4.74 Å². The third-order valence-electron chi connectivity index (χ3n) is 3.54. The lowest BCUT2D eigenvalue weighted by molar-refractivity contribution is 0.306. The van der Waals surface area contributed by atoms with Crippen LogP contribution in [0.15, 0.2) is 18.5 Å². The van der Waals surface area contributed by atoms with Gasteiger partial charge < -0.3 is 4.74 Å². The first kappa shape index (κ1) is 16.9. The zero-order valence-corrected chi connectivity index (χ0v) is 13.1. The number of nitrogens with one attached hydrogen (secondary N) is 1. The van der Waals surface area contributed by atoms with E-state index in [0.29, 0.717) is 5.92 Å². The number of nitrogens with zero attached hydrogens (tertiary/aromatic N) is 1. The fraction of sp³-hybridized carbons (Fsp3) is 0.688. The summed E-state index contributed by atoms with van der Waals surface area (Å²) in [5.74, 6) is 7.17. The van der Waals surface area contributed by atoms with Gasteiger partial charge in [0.25, 0.3) is 0 Å². The summed E-state index contributed by atoms with van der Waals surface area (Å²) in [5.41, 5.74) is 4.09. The highest BCUT2D eigenvalue weighted by molar-refractivity contribution is 5.26. The lowest BCUT2D eigenvalue weighted by Gasteiger charge is -2.26. The Morgan fingerprint density at radius 2 is 1.85 bits per heavy atom. The predicted octanol–water partition coefficient (Wildman–Crippen LogP) is 3.59. The van der Waals surface area contributed by atoms with Gasteiger partial charge in [-0.25, -0.2) is 0 Å². The maximum atomic E-state index is 5.80. The van der Waals surface area contributed by atoms with Crippen LogP contribution in [0.4, 0.5) is 0 Å². The van der Waals surface area contributed by atoms with Crippen LogP contribution in [0.3, 0.4) is 0 Å². The van der Waals surface area contributed by atoms with E-state index in [1.54, 1.807) is 6.20 Å². The Kier molecular flexibility index (Phi) is 8.23. The molecule has 114 valence electrons. The molecule has 0 spiro atoms. The molecule has 1 aromatic heterocycles. The van der Waals surface area contributed by atoms with E-state index in [0.717, 1.165) is 24.3 Å². The van der Waals surface area contributed by atoms with E-state index in [1.807, 2.05) is 6.20 Å². The Labute approximate surface area is 123 Å². The van der Waals surface area contributed by atoms with Gasteiger partial charge in [-0.2, -0.15) is 0 Å². The Balaban J connectivity index is 2.86. The van der Waals surface area contributed by atoms with Crippen molar-refractivity contribution in [1.29, 1.82) is 0 Å². The van der Waals surface area contributed by atoms with Gasteiger partial charge in [0, 0.05) is 6.20 Å². The average Bonchev–Trinajstić information content (AvgIpc) is 2.47. The van der Waals surface area contributed by atoms with Crippen molar-refractivity contribution in [2.45, 2.75) is 58.9 Å². The molecule has 1 rings (SSSR count). The van der Waals surface area contributed by atoms with Gasteiger partial charge in [0.1, 0.15) is 5.75 Å². The molecule has 0 bridgehead atoms. The van der Waals surface area contributed by atoms with Gasteiger partial charge in [0.05, 0.1) is 18.8 Å². The van der Waals surface area contributed by atoms with Crippen LogP contribution >= 0.6 is 0 Å². The van der Waals surface area contributed by atoms with Crippen LogP contribution in [-0.4, -0.2) is 11.6 Å². The summed E-state index contributed by atoms with van der Waals surface area (Å²) < 4.78 is 5.66. The summed E-state index contributed by atoms with van der Waals surface area (Å²) >= 11 is 0. The topological polar surface area (TPSA) is 60.2 Å². The number of nitrogens with two attached hydrogens (primary N) is 1. The molecule has 4 nitrogen and oxygen atoms in total. The van der Waals surface area contributed by atoms with Crippen LogP contribution in [0.5, 0.6) is 5.75 Å². The maximum Gasteiger partial charge on any atom is 0.137 e. The molecule has 0 saturated heterocycles. The second-order valence-electron chi connectivity index (χ2n) is 5.28. The Hall–Kier alpha value is -1.13. The molecule has 1 aromatic rings. The molecule has 1 atom stereocenters. The molecule has 0 aliphatic carbocycles. The molecule has 0 aliphatic heterocycles. The third kappa shape index (κ3) is 5.10. The normalized spacial score (nSPS) is 12.7. The number of rotatable bonds is 10. The van der Waals surface area contributed by atoms with Gasteiger partial charge in [0.15, 0.2) is 0 Å². The van der Waals surface area contributed by atoms with Crippen molar-refractivity contribution in [3.63, 3.8) is 0 Å². The lowest BCUT2D eigenvalue weighted by atomic mass is 9.87. The molecule has 0 aliphatic rings. The molecule has 4 heteroatoms. The highest BCUT2D eigenvalue weighted by Gasteiger charge is 2.21. The number of ether oxygens (including phenoxy) is 1. The van der Waals surface area contributed by atoms with E-state index in [2.05, 4.69) is 37.2 Å². The van der Waals surface area contributed by atoms with Crippen molar-refractivity contribution in [2.75, 3.05) is 6.61 Å². The monoisotopic (exact) mass is 279 g/mol. The highest BCUT2D eigenvalue weighted by atomic mass is 16.5. The van der Waals surface area contributed by atoms with Gasteiger partial charge in [-0.3, -0.25) is 16.3 Å². The molecule has 20 heavy (non-hydrogen) atoms. The van der Waals surface area contributed by atoms with Crippen molar-refractivity contribution in [2.24, 2.45) is 11.8 Å². The number of hydrazine groups is 1. The summed E-state index contributed by atoms with van der Waals surface area (Å²) in [6.45, 7) is 7.25. The van der Waals surface area contributed by atoms with Crippen LogP contribution in [0, 0.1) is 5.92 Å². The largest absolute Gasteiger partial charge is 0.492 e. The fourth-order valence-corrected chi connectivity index (χ4v) is 2.63. The standard InChI is InChI=1S/C16H29N3O/c1-4-7-13(8-5-2)16(19-17)14-10-15(12-18-11-14)20-9-6-3/h10-13,16,19H,4-9,17H2,1-3H3. The summed E-state index contributed by atoms with van der Waals surface area (Å²) in [6, 6.07) is 2.21. The van der Waals surface area contributed by atoms with E-state index in [-0.39, 0.29) is 6.04 Å². The van der Waals surface area contributed by atoms with Crippen LogP contribution in [0.1, 0.15) is 64.5 Å². The minimum Gasteiger partial charge on any atom is -0.492 e. The molecule has 1 heterocycles. The predicted molar refractivity (Wildman–Crippen MR) is 83.4 cm³/mol. The Bertz CT molecular complexity index is 364. The van der Waals surface area contributed by atoms with Crippen LogP contribution in [-0.2, 0) is 0 Å². The Morgan fingerprint density at radius 1 is 1.15 bits per heavy atom. The third-order valence-corrected chi connectivity index (χ3v) is 3.54. The molecule has 0 fully saturated rings. The van der Waals surface area contributed by atoms with Crippen LogP contribution < -0.4 is 16.0 Å². The number of aromatic nitrogens is 1. The van der Waals surface area contributed by atoms with Gasteiger partial charge in [0.2, 0.25) is 0 Å². The minimum atomic E-state index is 0.146. The average molecular weight is 279 g/mol. The van der Waals surface area contributed by atoms with E-state index < -0.39 is 0 Å². The molecule has 3 N–H and O–H groups in total. The summed E-state index contributed by atoms with van der Waals surface area (Å²) in [7, 11) is 0. The van der Waals surface area contributed by atoms with E-state index in [1.165, 1.54) is 25.7 Å². The zero-order valence-electron chi connectivity index (χ0n) is 13.1. The van der Waals surface area contributed by atoms with E-state index >= 15 is 0 Å². The van der Waals surface area contributed by atoms with Gasteiger partial charge in [-0.1, -0.05) is 33.6 Å². The molecule has 0 amide bonds. The second-order valence-corrected chi connectivity index (χ2v) is 5.28. The van der Waals surface area contributed by atoms with Gasteiger partial charge in [-0.15, -0.1) is 0 Å². The number of pyridine rings is 1. The van der Waals surface area contributed by atoms with Crippen LogP contribution in [0.2, 0.25) is 0 Å². The zero-order chi connectivity index (χ0) is 14.8. The SMILES string of the molecule is CCCOc1cncc(C(NN)C(CCC)CCC)c1. The molecule has 0 aromatic carbocycles. The molecular weight excluding hydrogens is 250 g/mol. The number of hydrogen-bond donors (Lipinski definition) is 2. The van der Waals surface area contributed by atoms with E-state index in [4.69, 9.17) is 10.6 Å². The summed E-state index contributed by atoms with van der Waals surface area (Å²) in [6.07, 6.45) is 9.33. The van der Waals surface area contributed by atoms with Gasteiger partial charge >= 0.3 is 0 Å². The molecule has 0 saturated carbocycles. The van der Waals surface area contributed by atoms with Gasteiger partial charge in [-0.05, 0) is 36.8 Å². The molecular formula is C16H29N3O.